The SMILES string of the molecule is COc1ccc(COc2nc(Cl)cc3c2c(-c2cccc(Cl)c2Cl)cn3COCC[Si](C)(C)C)cc1. The molecular weight excluding hydrogens is 535 g/mol. The summed E-state index contributed by atoms with van der Waals surface area (Å²) in [5.41, 5.74) is 3.45. The molecule has 0 saturated heterocycles. The van der Waals surface area contributed by atoms with Gasteiger partial charge in [0.15, 0.2) is 0 Å². The third-order valence-corrected chi connectivity index (χ3v) is 8.52. The average molecular weight is 564 g/mol. The zero-order valence-electron chi connectivity index (χ0n) is 20.8. The lowest BCUT2D eigenvalue weighted by Crippen LogP contribution is -2.21. The van der Waals surface area contributed by atoms with Crippen molar-refractivity contribution in [2.24, 2.45) is 0 Å². The number of rotatable bonds is 10. The predicted molar refractivity (Wildman–Crippen MR) is 152 cm³/mol. The van der Waals surface area contributed by atoms with E-state index in [2.05, 4.69) is 24.6 Å². The smallest absolute Gasteiger partial charge is 0.225 e. The minimum Gasteiger partial charge on any atom is -0.497 e. The maximum absolute atomic E-state index is 6.63. The second-order valence-electron chi connectivity index (χ2n) is 9.74. The summed E-state index contributed by atoms with van der Waals surface area (Å²) in [7, 11) is 0.436. The first-order chi connectivity index (χ1) is 17.2. The molecule has 2 heterocycles. The number of hydrogen-bond acceptors (Lipinski definition) is 4. The van der Waals surface area contributed by atoms with E-state index in [-0.39, 0.29) is 0 Å². The van der Waals surface area contributed by atoms with E-state index >= 15 is 0 Å². The predicted octanol–water partition coefficient (Wildman–Crippen LogP) is 8.56. The van der Waals surface area contributed by atoms with E-state index in [0.717, 1.165) is 39.4 Å². The number of nitrogens with zero attached hydrogens (tertiary/aromatic N) is 2. The number of hydrogen-bond donors (Lipinski definition) is 0. The number of pyridine rings is 1. The van der Waals surface area contributed by atoms with Crippen molar-refractivity contribution < 1.29 is 14.2 Å². The van der Waals surface area contributed by atoms with Crippen LogP contribution in [-0.4, -0.2) is 31.3 Å². The normalized spacial score (nSPS) is 11.8. The summed E-state index contributed by atoms with van der Waals surface area (Å²) in [6.07, 6.45) is 2.00. The Bertz CT molecular complexity index is 1350. The Kier molecular flexibility index (Phi) is 8.53. The van der Waals surface area contributed by atoms with Gasteiger partial charge in [0.25, 0.3) is 0 Å². The molecule has 2 aromatic heterocycles. The highest BCUT2D eigenvalue weighted by Crippen LogP contribution is 2.42. The molecule has 36 heavy (non-hydrogen) atoms. The molecule has 0 aliphatic rings. The Morgan fingerprint density at radius 2 is 1.72 bits per heavy atom. The molecule has 9 heteroatoms. The highest BCUT2D eigenvalue weighted by Gasteiger charge is 2.21. The molecule has 0 radical (unpaired) electrons. The van der Waals surface area contributed by atoms with Gasteiger partial charge in [0, 0.05) is 38.1 Å². The van der Waals surface area contributed by atoms with Gasteiger partial charge < -0.3 is 18.8 Å². The maximum atomic E-state index is 6.63. The number of fused-ring (bicyclic) bond motifs is 1. The standard InChI is InChI=1S/C27H29Cl3N2O3Si/c1-33-19-10-8-18(9-11-19)16-35-27-25-21(20-6-5-7-22(28)26(20)30)15-32(23(25)14-24(29)31-27)17-34-12-13-36(2,3)4/h5-11,14-15H,12-13,16-17H2,1-4H3. The van der Waals surface area contributed by atoms with Crippen LogP contribution in [0.15, 0.2) is 54.7 Å². The van der Waals surface area contributed by atoms with Gasteiger partial charge in [-0.15, -0.1) is 0 Å². The molecule has 0 bridgehead atoms. The molecule has 5 nitrogen and oxygen atoms in total. The Morgan fingerprint density at radius 1 is 0.972 bits per heavy atom. The second-order valence-corrected chi connectivity index (χ2v) is 16.5. The first-order valence-electron chi connectivity index (χ1n) is 11.6. The number of halogens is 3. The fraction of sp³-hybridized carbons (Fsp3) is 0.296. The zero-order chi connectivity index (χ0) is 25.9. The summed E-state index contributed by atoms with van der Waals surface area (Å²) >= 11 is 19.4. The quantitative estimate of drug-likeness (QED) is 0.110. The second kappa shape index (κ2) is 11.4. The molecule has 2 aromatic carbocycles. The van der Waals surface area contributed by atoms with Crippen LogP contribution in [0, 0.1) is 0 Å². The molecule has 0 spiro atoms. The van der Waals surface area contributed by atoms with Crippen molar-refractivity contribution >= 4 is 53.8 Å². The van der Waals surface area contributed by atoms with Crippen molar-refractivity contribution in [3.05, 3.63) is 75.5 Å². The third-order valence-electron chi connectivity index (χ3n) is 5.80. The van der Waals surface area contributed by atoms with Gasteiger partial charge in [-0.25, -0.2) is 4.98 Å². The van der Waals surface area contributed by atoms with Crippen LogP contribution in [0.3, 0.4) is 0 Å². The summed E-state index contributed by atoms with van der Waals surface area (Å²) in [5.74, 6) is 1.20. The highest BCUT2D eigenvalue weighted by atomic mass is 35.5. The molecule has 0 amide bonds. The minimum absolute atomic E-state index is 0.313. The number of benzene rings is 2. The molecule has 0 N–H and O–H groups in total. The molecule has 190 valence electrons. The van der Waals surface area contributed by atoms with Crippen molar-refractivity contribution in [1.82, 2.24) is 9.55 Å². The average Bonchev–Trinajstić information content (AvgIpc) is 3.20. The first-order valence-corrected chi connectivity index (χ1v) is 16.5. The number of methoxy groups -OCH3 is 1. The molecule has 0 fully saturated rings. The number of aromatic nitrogens is 2. The Morgan fingerprint density at radius 3 is 2.42 bits per heavy atom. The van der Waals surface area contributed by atoms with Gasteiger partial charge >= 0.3 is 0 Å². The molecule has 0 aliphatic heterocycles. The van der Waals surface area contributed by atoms with Crippen molar-refractivity contribution in [3.8, 4) is 22.8 Å². The van der Waals surface area contributed by atoms with Gasteiger partial charge in [-0.3, -0.25) is 0 Å². The Balaban J connectivity index is 1.74. The lowest BCUT2D eigenvalue weighted by molar-refractivity contribution is 0.0903. The van der Waals surface area contributed by atoms with Crippen LogP contribution < -0.4 is 9.47 Å². The first kappa shape index (κ1) is 26.8. The molecule has 0 unspecified atom stereocenters. The Hall–Kier alpha value is -2.22. The lowest BCUT2D eigenvalue weighted by atomic mass is 10.1. The Labute approximate surface area is 227 Å². The monoisotopic (exact) mass is 562 g/mol. The van der Waals surface area contributed by atoms with Gasteiger partial charge in [0.05, 0.1) is 28.1 Å². The van der Waals surface area contributed by atoms with E-state index in [1.807, 2.05) is 53.2 Å². The molecule has 4 aromatic rings. The summed E-state index contributed by atoms with van der Waals surface area (Å²) in [6, 6.07) is 16.2. The van der Waals surface area contributed by atoms with E-state index in [4.69, 9.17) is 49.0 Å². The summed E-state index contributed by atoms with van der Waals surface area (Å²) < 4.78 is 19.5. The summed E-state index contributed by atoms with van der Waals surface area (Å²) in [4.78, 5) is 4.52. The molecular formula is C27H29Cl3N2O3Si. The molecule has 0 saturated carbocycles. The van der Waals surface area contributed by atoms with Gasteiger partial charge in [-0.1, -0.05) is 78.7 Å². The van der Waals surface area contributed by atoms with Crippen molar-refractivity contribution in [3.63, 3.8) is 0 Å². The van der Waals surface area contributed by atoms with Crippen molar-refractivity contribution in [2.75, 3.05) is 13.7 Å². The fourth-order valence-corrected chi connectivity index (χ4v) is 5.13. The maximum Gasteiger partial charge on any atom is 0.225 e. The molecule has 4 rings (SSSR count). The van der Waals surface area contributed by atoms with Crippen LogP contribution >= 0.6 is 34.8 Å². The number of ether oxygens (including phenoxy) is 3. The van der Waals surface area contributed by atoms with E-state index < -0.39 is 8.07 Å². The van der Waals surface area contributed by atoms with Crippen molar-refractivity contribution in [1.29, 1.82) is 0 Å². The largest absolute Gasteiger partial charge is 0.497 e. The van der Waals surface area contributed by atoms with Gasteiger partial charge in [0.2, 0.25) is 5.88 Å². The third kappa shape index (κ3) is 6.36. The van der Waals surface area contributed by atoms with E-state index in [0.29, 0.717) is 41.0 Å². The molecule has 0 atom stereocenters. The fourth-order valence-electron chi connectivity index (χ4n) is 3.79. The topological polar surface area (TPSA) is 45.5 Å². The molecule has 0 aliphatic carbocycles. The summed E-state index contributed by atoms with van der Waals surface area (Å²) in [5, 5.41) is 2.07. The lowest BCUT2D eigenvalue weighted by Gasteiger charge is -2.16. The van der Waals surface area contributed by atoms with Crippen molar-refractivity contribution in [2.45, 2.75) is 39.0 Å². The van der Waals surface area contributed by atoms with E-state index in [1.54, 1.807) is 13.2 Å². The van der Waals surface area contributed by atoms with E-state index in [1.165, 1.54) is 0 Å². The highest BCUT2D eigenvalue weighted by molar-refractivity contribution is 6.76. The minimum atomic E-state index is -1.20. The van der Waals surface area contributed by atoms with Gasteiger partial charge in [-0.05, 0) is 29.8 Å². The zero-order valence-corrected chi connectivity index (χ0v) is 24.0. The van der Waals surface area contributed by atoms with Crippen LogP contribution in [0.4, 0.5) is 0 Å². The van der Waals surface area contributed by atoms with Crippen LogP contribution in [0.2, 0.25) is 40.9 Å². The van der Waals surface area contributed by atoms with Crippen LogP contribution in [-0.2, 0) is 18.1 Å². The van der Waals surface area contributed by atoms with Gasteiger partial charge in [-0.2, -0.15) is 0 Å². The van der Waals surface area contributed by atoms with Crippen LogP contribution in [0.1, 0.15) is 5.56 Å². The van der Waals surface area contributed by atoms with E-state index in [9.17, 15) is 0 Å². The summed E-state index contributed by atoms with van der Waals surface area (Å²) in [6.45, 7) is 8.38. The van der Waals surface area contributed by atoms with Gasteiger partial charge in [0.1, 0.15) is 24.2 Å². The van der Waals surface area contributed by atoms with Crippen LogP contribution in [0.5, 0.6) is 11.6 Å². The van der Waals surface area contributed by atoms with Crippen LogP contribution in [0.25, 0.3) is 22.0 Å².